The first-order valence-electron chi connectivity index (χ1n) is 2.80. The average molecular weight is 140 g/mol. The van der Waals surface area contributed by atoms with E-state index in [9.17, 15) is 9.59 Å². The van der Waals surface area contributed by atoms with Crippen LogP contribution in [-0.2, 0) is 14.3 Å². The van der Waals surface area contributed by atoms with E-state index in [1.807, 2.05) is 0 Å². The quantitative estimate of drug-likeness (QED) is 0.228. The average Bonchev–Trinajstić information content (AvgIpc) is 1.87. The molecule has 0 bridgehead atoms. The van der Waals surface area contributed by atoms with E-state index >= 15 is 0 Å². The van der Waals surface area contributed by atoms with Crippen LogP contribution in [0.25, 0.3) is 0 Å². The largest absolute Gasteiger partial charge is 0.391 e. The van der Waals surface area contributed by atoms with E-state index in [1.165, 1.54) is 0 Å². The maximum atomic E-state index is 10.6. The van der Waals surface area contributed by atoms with Gasteiger partial charge in [-0.05, 0) is 0 Å². The lowest BCUT2D eigenvalue weighted by atomic mass is 10.2. The Bertz CT molecular complexity index is 186. The molecule has 0 aromatic carbocycles. The van der Waals surface area contributed by atoms with Crippen molar-refractivity contribution < 1.29 is 14.3 Å². The second-order valence-electron chi connectivity index (χ2n) is 2.01. The summed E-state index contributed by atoms with van der Waals surface area (Å²) in [4.78, 5) is 20.8. The lowest BCUT2D eigenvalue weighted by Gasteiger charge is -1.99. The number of ether oxygens (including phenoxy) is 1. The second kappa shape index (κ2) is 3.67. The highest BCUT2D eigenvalue weighted by Crippen LogP contribution is 1.94. The van der Waals surface area contributed by atoms with Gasteiger partial charge >= 0.3 is 11.9 Å². The molecule has 3 heteroatoms. The Kier molecular flexibility index (Phi) is 3.20. The Balaban J connectivity index is 3.83. The summed E-state index contributed by atoms with van der Waals surface area (Å²) >= 11 is 0. The number of rotatable bonds is 1. The zero-order chi connectivity index (χ0) is 8.15. The summed E-state index contributed by atoms with van der Waals surface area (Å²) in [5.74, 6) is -0.179. The molecule has 0 aliphatic heterocycles. The highest BCUT2D eigenvalue weighted by atomic mass is 16.6. The number of hydrogen-bond acceptors (Lipinski definition) is 3. The Labute approximate surface area is 59.4 Å². The van der Waals surface area contributed by atoms with Crippen molar-refractivity contribution in [3.8, 4) is 12.3 Å². The minimum Gasteiger partial charge on any atom is -0.383 e. The third kappa shape index (κ3) is 2.88. The lowest BCUT2D eigenvalue weighted by molar-refractivity contribution is -0.158. The molecule has 0 atom stereocenters. The predicted octanol–water partition coefficient (Wildman–Crippen LogP) is 0.345. The molecule has 0 unspecified atom stereocenters. The molecule has 0 aliphatic carbocycles. The highest BCUT2D eigenvalue weighted by Gasteiger charge is 2.11. The fourth-order valence-corrected chi connectivity index (χ4v) is 0.239. The van der Waals surface area contributed by atoms with E-state index < -0.39 is 11.9 Å². The van der Waals surface area contributed by atoms with Crippen molar-refractivity contribution in [3.05, 3.63) is 0 Å². The van der Waals surface area contributed by atoms with Gasteiger partial charge in [-0.3, -0.25) is 4.79 Å². The van der Waals surface area contributed by atoms with Crippen molar-refractivity contribution in [2.75, 3.05) is 0 Å². The molecule has 0 rings (SSSR count). The topological polar surface area (TPSA) is 43.4 Å². The first-order chi connectivity index (χ1) is 4.57. The van der Waals surface area contributed by atoms with Crippen molar-refractivity contribution in [1.29, 1.82) is 0 Å². The molecule has 0 spiro atoms. The summed E-state index contributed by atoms with van der Waals surface area (Å²) in [6, 6.07) is 0. The van der Waals surface area contributed by atoms with E-state index in [2.05, 4.69) is 11.2 Å². The molecule has 0 N–H and O–H groups in total. The Hall–Kier alpha value is -1.30. The minimum atomic E-state index is -0.932. The maximum absolute atomic E-state index is 10.6. The first kappa shape index (κ1) is 8.70. The van der Waals surface area contributed by atoms with Gasteiger partial charge in [-0.1, -0.05) is 13.8 Å². The number of esters is 2. The Morgan fingerprint density at radius 2 is 2.00 bits per heavy atom. The van der Waals surface area contributed by atoms with Gasteiger partial charge in [0.25, 0.3) is 0 Å². The molecule has 0 aliphatic rings. The summed E-state index contributed by atoms with van der Waals surface area (Å²) in [5, 5.41) is 0. The molecular weight excluding hydrogens is 132 g/mol. The number of carbonyl (C=O) groups is 2. The molecule has 0 aromatic rings. The molecule has 0 amide bonds. The minimum absolute atomic E-state index is 0.322. The summed E-state index contributed by atoms with van der Waals surface area (Å²) in [7, 11) is 0. The molecule has 0 heterocycles. The van der Waals surface area contributed by atoms with Crippen LogP contribution in [0.5, 0.6) is 0 Å². The van der Waals surface area contributed by atoms with E-state index in [0.717, 1.165) is 0 Å². The van der Waals surface area contributed by atoms with Crippen molar-refractivity contribution in [3.63, 3.8) is 0 Å². The van der Waals surface area contributed by atoms with Gasteiger partial charge in [-0.15, -0.1) is 6.42 Å². The molecular formula is C7H8O3. The van der Waals surface area contributed by atoms with Crippen LogP contribution in [0.15, 0.2) is 0 Å². The number of carbonyl (C=O) groups excluding carboxylic acids is 2. The zero-order valence-corrected chi connectivity index (χ0v) is 5.88. The zero-order valence-electron chi connectivity index (χ0n) is 5.88. The van der Waals surface area contributed by atoms with Gasteiger partial charge in [0, 0.05) is 5.92 Å². The molecule has 0 fully saturated rings. The monoisotopic (exact) mass is 140 g/mol. The summed E-state index contributed by atoms with van der Waals surface area (Å²) in [6.45, 7) is 3.23. The number of terminal acetylenes is 1. The van der Waals surface area contributed by atoms with Crippen LogP contribution in [-0.4, -0.2) is 11.9 Å². The first-order valence-corrected chi connectivity index (χ1v) is 2.80. The van der Waals surface area contributed by atoms with Crippen molar-refractivity contribution in [2.45, 2.75) is 13.8 Å². The molecule has 0 aromatic heterocycles. The third-order valence-electron chi connectivity index (χ3n) is 0.783. The van der Waals surface area contributed by atoms with Crippen LogP contribution < -0.4 is 0 Å². The number of hydrogen-bond donors (Lipinski definition) is 0. The van der Waals surface area contributed by atoms with Crippen molar-refractivity contribution in [1.82, 2.24) is 0 Å². The highest BCUT2D eigenvalue weighted by molar-refractivity contribution is 5.96. The molecule has 54 valence electrons. The normalized spacial score (nSPS) is 8.60. The summed E-state index contributed by atoms with van der Waals surface area (Å²) < 4.78 is 4.15. The molecule has 0 radical (unpaired) electrons. The van der Waals surface area contributed by atoms with Crippen LogP contribution >= 0.6 is 0 Å². The maximum Gasteiger partial charge on any atom is 0.391 e. The van der Waals surface area contributed by atoms with Gasteiger partial charge in [0.2, 0.25) is 0 Å². The van der Waals surface area contributed by atoms with E-state index in [4.69, 9.17) is 0 Å². The van der Waals surface area contributed by atoms with Gasteiger partial charge < -0.3 is 4.74 Å². The Morgan fingerprint density at radius 1 is 1.50 bits per heavy atom. The van der Waals surface area contributed by atoms with Crippen LogP contribution in [0.1, 0.15) is 13.8 Å². The van der Waals surface area contributed by atoms with Crippen LogP contribution in [0.4, 0.5) is 0 Å². The lowest BCUT2D eigenvalue weighted by Crippen LogP contribution is -2.15. The fourth-order valence-electron chi connectivity index (χ4n) is 0.239. The van der Waals surface area contributed by atoms with Gasteiger partial charge in [-0.25, -0.2) is 4.79 Å². The summed E-state index contributed by atoms with van der Waals surface area (Å²) in [5.41, 5.74) is 0. The molecule has 0 saturated heterocycles. The van der Waals surface area contributed by atoms with Crippen LogP contribution in [0, 0.1) is 18.3 Å². The van der Waals surface area contributed by atoms with E-state index in [1.54, 1.807) is 19.8 Å². The molecule has 0 saturated carbocycles. The van der Waals surface area contributed by atoms with Gasteiger partial charge in [-0.2, -0.15) is 0 Å². The van der Waals surface area contributed by atoms with Gasteiger partial charge in [0.1, 0.15) is 0 Å². The fraction of sp³-hybridized carbons (Fsp3) is 0.429. The van der Waals surface area contributed by atoms with Gasteiger partial charge in [0.05, 0.1) is 5.92 Å². The predicted molar refractivity (Wildman–Crippen MR) is 34.8 cm³/mol. The third-order valence-corrected chi connectivity index (χ3v) is 0.783. The van der Waals surface area contributed by atoms with E-state index in [-0.39, 0.29) is 5.92 Å². The van der Waals surface area contributed by atoms with Gasteiger partial charge in [0.15, 0.2) is 0 Å². The SMILES string of the molecule is C#CC(=O)OC(=O)C(C)C. The Morgan fingerprint density at radius 3 is 2.30 bits per heavy atom. The summed E-state index contributed by atoms with van der Waals surface area (Å²) in [6.07, 6.45) is 4.64. The molecule has 10 heavy (non-hydrogen) atoms. The molecule has 3 nitrogen and oxygen atoms in total. The second-order valence-corrected chi connectivity index (χ2v) is 2.01. The standard InChI is InChI=1S/C7H8O3/c1-4-6(8)10-7(9)5(2)3/h1,5H,2-3H3. The van der Waals surface area contributed by atoms with Crippen LogP contribution in [0.3, 0.4) is 0 Å². The van der Waals surface area contributed by atoms with Crippen LogP contribution in [0.2, 0.25) is 0 Å². The van der Waals surface area contributed by atoms with Crippen molar-refractivity contribution >= 4 is 11.9 Å². The smallest absolute Gasteiger partial charge is 0.383 e. The van der Waals surface area contributed by atoms with E-state index in [0.29, 0.717) is 0 Å². The van der Waals surface area contributed by atoms with Crippen molar-refractivity contribution in [2.24, 2.45) is 5.92 Å².